The van der Waals surface area contributed by atoms with Crippen LogP contribution in [0.15, 0.2) is 12.2 Å². The average Bonchev–Trinajstić information content (AvgIpc) is 1.87. The fraction of sp³-hybridized carbons (Fsp3) is 0.429. The van der Waals surface area contributed by atoms with E-state index >= 15 is 0 Å². The van der Waals surface area contributed by atoms with Crippen molar-refractivity contribution >= 4 is 11.9 Å². The van der Waals surface area contributed by atoms with Crippen LogP contribution in [0.2, 0.25) is 0 Å². The molecule has 5 heteroatoms. The molecule has 12 heavy (non-hydrogen) atoms. The van der Waals surface area contributed by atoms with E-state index in [1.165, 1.54) is 13.8 Å². The summed E-state index contributed by atoms with van der Waals surface area (Å²) < 4.78 is 4.37. The molecule has 0 aliphatic heterocycles. The van der Waals surface area contributed by atoms with Crippen LogP contribution in [0.5, 0.6) is 0 Å². The molecule has 0 aromatic heterocycles. The fourth-order valence-corrected chi connectivity index (χ4v) is 0.309. The summed E-state index contributed by atoms with van der Waals surface area (Å²) in [6.45, 7) is 5.93. The summed E-state index contributed by atoms with van der Waals surface area (Å²) in [7, 11) is 0. The van der Waals surface area contributed by atoms with Crippen LogP contribution in [0.1, 0.15) is 13.8 Å². The molecular formula is C7H9NaO4. The number of carbonyl (C=O) groups excluding carboxylic acids is 2. The first-order chi connectivity index (χ1) is 4.95. The largest absolute Gasteiger partial charge is 1.00 e. The molecule has 0 fully saturated rings. The first kappa shape index (κ1) is 14.2. The van der Waals surface area contributed by atoms with Crippen molar-refractivity contribution in [3.05, 3.63) is 12.2 Å². The van der Waals surface area contributed by atoms with Gasteiger partial charge in [0, 0.05) is 5.57 Å². The van der Waals surface area contributed by atoms with Gasteiger partial charge >= 0.3 is 35.5 Å². The number of aliphatic carboxylic acids is 1. The molecule has 0 heterocycles. The summed E-state index contributed by atoms with van der Waals surface area (Å²) in [6, 6.07) is 0. The van der Waals surface area contributed by atoms with E-state index in [0.717, 1.165) is 0 Å². The number of carbonyl (C=O) groups is 2. The van der Waals surface area contributed by atoms with Gasteiger partial charge in [0.15, 0.2) is 0 Å². The van der Waals surface area contributed by atoms with Crippen molar-refractivity contribution in [1.82, 2.24) is 0 Å². The smallest absolute Gasteiger partial charge is 0.546 e. The van der Waals surface area contributed by atoms with Crippen LogP contribution >= 0.6 is 0 Å². The second-order valence-corrected chi connectivity index (χ2v) is 2.15. The zero-order chi connectivity index (χ0) is 9.02. The molecule has 62 valence electrons. The zero-order valence-corrected chi connectivity index (χ0v) is 9.42. The molecule has 0 N–H and O–H groups in total. The van der Waals surface area contributed by atoms with Gasteiger partial charge < -0.3 is 14.6 Å². The van der Waals surface area contributed by atoms with Crippen LogP contribution in [0, 0.1) is 0 Å². The van der Waals surface area contributed by atoms with E-state index in [-0.39, 0.29) is 35.1 Å². The predicted octanol–water partition coefficient (Wildman–Crippen LogP) is -3.75. The van der Waals surface area contributed by atoms with E-state index in [9.17, 15) is 14.7 Å². The Balaban J connectivity index is 0. The Morgan fingerprint density at radius 1 is 1.50 bits per heavy atom. The Labute approximate surface area is 92.9 Å². The summed E-state index contributed by atoms with van der Waals surface area (Å²) in [5, 5.41) is 10.0. The van der Waals surface area contributed by atoms with Crippen molar-refractivity contribution < 1.29 is 49.0 Å². The van der Waals surface area contributed by atoms with Crippen molar-refractivity contribution in [3.8, 4) is 0 Å². The number of hydrogen-bond acceptors (Lipinski definition) is 4. The van der Waals surface area contributed by atoms with Gasteiger partial charge in [-0.25, -0.2) is 4.79 Å². The number of carboxylic acids is 1. The molecule has 1 atom stereocenters. The van der Waals surface area contributed by atoms with Crippen LogP contribution in [-0.4, -0.2) is 18.0 Å². The quantitative estimate of drug-likeness (QED) is 0.254. The third-order valence-electron chi connectivity index (χ3n) is 0.964. The number of esters is 1. The van der Waals surface area contributed by atoms with Gasteiger partial charge in [-0.1, -0.05) is 6.58 Å². The van der Waals surface area contributed by atoms with Crippen LogP contribution in [0.3, 0.4) is 0 Å². The van der Waals surface area contributed by atoms with E-state index in [0.29, 0.717) is 0 Å². The molecule has 4 nitrogen and oxygen atoms in total. The van der Waals surface area contributed by atoms with Gasteiger partial charge in [-0.2, -0.15) is 0 Å². The number of ether oxygens (including phenoxy) is 1. The monoisotopic (exact) mass is 180 g/mol. The summed E-state index contributed by atoms with van der Waals surface area (Å²) in [5.74, 6) is -2.14. The van der Waals surface area contributed by atoms with Crippen molar-refractivity contribution in [3.63, 3.8) is 0 Å². The molecule has 0 bridgehead atoms. The van der Waals surface area contributed by atoms with Crippen molar-refractivity contribution in [2.24, 2.45) is 0 Å². The molecule has 0 aliphatic carbocycles. The first-order valence-corrected chi connectivity index (χ1v) is 3.02. The normalized spacial score (nSPS) is 10.8. The van der Waals surface area contributed by atoms with Gasteiger partial charge in [0.05, 0.1) is 5.97 Å². The molecule has 0 aromatic rings. The van der Waals surface area contributed by atoms with Gasteiger partial charge in [0.2, 0.25) is 0 Å². The van der Waals surface area contributed by atoms with Gasteiger partial charge in [0.1, 0.15) is 6.10 Å². The minimum atomic E-state index is -1.42. The van der Waals surface area contributed by atoms with E-state index < -0.39 is 18.0 Å². The van der Waals surface area contributed by atoms with E-state index in [2.05, 4.69) is 11.3 Å². The molecule has 1 unspecified atom stereocenters. The molecular weight excluding hydrogens is 171 g/mol. The molecule has 0 amide bonds. The van der Waals surface area contributed by atoms with E-state index in [1.807, 2.05) is 0 Å². The first-order valence-electron chi connectivity index (χ1n) is 3.02. The van der Waals surface area contributed by atoms with Crippen LogP contribution in [0.25, 0.3) is 0 Å². The SMILES string of the molecule is C=C(C)C(=O)OC(C)C(=O)[O-].[Na+]. The summed E-state index contributed by atoms with van der Waals surface area (Å²) in [5.41, 5.74) is 0.165. The molecule has 0 saturated heterocycles. The second-order valence-electron chi connectivity index (χ2n) is 2.15. The molecule has 0 radical (unpaired) electrons. The number of carboxylic acid groups (broad SMARTS) is 1. The minimum Gasteiger partial charge on any atom is -0.546 e. The third-order valence-corrected chi connectivity index (χ3v) is 0.964. The zero-order valence-electron chi connectivity index (χ0n) is 7.42. The Morgan fingerprint density at radius 3 is 2.17 bits per heavy atom. The molecule has 0 saturated carbocycles. The standard InChI is InChI=1S/C7H10O4.Na/c1-4(2)7(10)11-5(3)6(8)9;/h5H,1H2,2-3H3,(H,8,9);/q;+1/p-1. The molecule has 0 spiro atoms. The predicted molar refractivity (Wildman–Crippen MR) is 35.4 cm³/mol. The Morgan fingerprint density at radius 2 is 1.92 bits per heavy atom. The molecule has 0 rings (SSSR count). The van der Waals surface area contributed by atoms with Crippen LogP contribution in [-0.2, 0) is 14.3 Å². The van der Waals surface area contributed by atoms with Gasteiger partial charge in [-0.05, 0) is 13.8 Å². The van der Waals surface area contributed by atoms with Crippen LogP contribution < -0.4 is 34.7 Å². The fourth-order valence-electron chi connectivity index (χ4n) is 0.309. The molecule has 0 aliphatic rings. The maximum atomic E-state index is 10.6. The maximum absolute atomic E-state index is 10.6. The van der Waals surface area contributed by atoms with Gasteiger partial charge in [0.25, 0.3) is 0 Å². The second kappa shape index (κ2) is 6.22. The number of hydrogen-bond donors (Lipinski definition) is 0. The van der Waals surface area contributed by atoms with Crippen molar-refractivity contribution in [2.75, 3.05) is 0 Å². The topological polar surface area (TPSA) is 66.4 Å². The summed E-state index contributed by atoms with van der Waals surface area (Å²) in [4.78, 5) is 20.7. The Bertz CT molecular complexity index is 200. The summed E-state index contributed by atoms with van der Waals surface area (Å²) >= 11 is 0. The van der Waals surface area contributed by atoms with E-state index in [1.54, 1.807) is 0 Å². The number of rotatable bonds is 3. The molecule has 0 aromatic carbocycles. The van der Waals surface area contributed by atoms with Crippen LogP contribution in [0.4, 0.5) is 0 Å². The Hall–Kier alpha value is -0.320. The minimum absolute atomic E-state index is 0. The third kappa shape index (κ3) is 5.35. The summed E-state index contributed by atoms with van der Waals surface area (Å²) in [6.07, 6.45) is -1.22. The van der Waals surface area contributed by atoms with E-state index in [4.69, 9.17) is 0 Å². The Kier molecular flexibility index (Phi) is 7.37. The average molecular weight is 180 g/mol. The van der Waals surface area contributed by atoms with Crippen molar-refractivity contribution in [2.45, 2.75) is 20.0 Å². The van der Waals surface area contributed by atoms with Gasteiger partial charge in [-0.15, -0.1) is 0 Å². The maximum Gasteiger partial charge on any atom is 1.00 e. The van der Waals surface area contributed by atoms with Gasteiger partial charge in [-0.3, -0.25) is 0 Å². The van der Waals surface area contributed by atoms with Crippen molar-refractivity contribution in [1.29, 1.82) is 0 Å².